The van der Waals surface area contributed by atoms with Crippen molar-refractivity contribution in [1.82, 2.24) is 4.31 Å². The standard InChI is InChI=1S/C11H20N2O2S2/c1-9(2)4-5-13(3)17(14,15)11-6-10(7-12)8-16-11/h6,8-9H,4-5,7,12H2,1-3H3. The first kappa shape index (κ1) is 14.6. The topological polar surface area (TPSA) is 63.4 Å². The predicted octanol–water partition coefficient (Wildman–Crippen LogP) is 1.87. The summed E-state index contributed by atoms with van der Waals surface area (Å²) in [6.45, 7) is 5.09. The molecule has 0 radical (unpaired) electrons. The molecule has 17 heavy (non-hydrogen) atoms. The zero-order valence-corrected chi connectivity index (χ0v) is 12.1. The number of hydrogen-bond acceptors (Lipinski definition) is 4. The number of hydrogen-bond donors (Lipinski definition) is 1. The summed E-state index contributed by atoms with van der Waals surface area (Å²) in [4.78, 5) is 0. The molecule has 6 heteroatoms. The van der Waals surface area contributed by atoms with Crippen molar-refractivity contribution in [1.29, 1.82) is 0 Å². The van der Waals surface area contributed by atoms with E-state index in [0.717, 1.165) is 12.0 Å². The van der Waals surface area contributed by atoms with Gasteiger partial charge in [-0.05, 0) is 29.3 Å². The number of nitrogens with two attached hydrogens (primary N) is 1. The molecular weight excluding hydrogens is 256 g/mol. The van der Waals surface area contributed by atoms with Crippen LogP contribution in [-0.4, -0.2) is 26.3 Å². The smallest absolute Gasteiger partial charge is 0.252 e. The molecule has 0 aliphatic carbocycles. The van der Waals surface area contributed by atoms with E-state index in [0.29, 0.717) is 23.2 Å². The molecule has 0 atom stereocenters. The third-order valence-electron chi connectivity index (χ3n) is 2.55. The molecule has 4 nitrogen and oxygen atoms in total. The first-order valence-electron chi connectivity index (χ1n) is 5.61. The van der Waals surface area contributed by atoms with Gasteiger partial charge < -0.3 is 5.73 Å². The lowest BCUT2D eigenvalue weighted by molar-refractivity contribution is 0.429. The molecule has 0 saturated carbocycles. The van der Waals surface area contributed by atoms with Crippen LogP contribution >= 0.6 is 11.3 Å². The normalized spacial score (nSPS) is 12.6. The van der Waals surface area contributed by atoms with Gasteiger partial charge in [0.1, 0.15) is 4.21 Å². The lowest BCUT2D eigenvalue weighted by Crippen LogP contribution is -2.28. The average Bonchev–Trinajstić information content (AvgIpc) is 2.74. The van der Waals surface area contributed by atoms with Crippen molar-refractivity contribution in [2.75, 3.05) is 13.6 Å². The Labute approximate surface area is 107 Å². The Kier molecular flexibility index (Phi) is 5.12. The second kappa shape index (κ2) is 5.95. The lowest BCUT2D eigenvalue weighted by Gasteiger charge is -2.16. The Bertz CT molecular complexity index is 452. The van der Waals surface area contributed by atoms with Crippen LogP contribution in [0.1, 0.15) is 25.8 Å². The van der Waals surface area contributed by atoms with E-state index in [2.05, 4.69) is 13.8 Å². The molecule has 1 heterocycles. The van der Waals surface area contributed by atoms with Crippen LogP contribution in [0, 0.1) is 5.92 Å². The van der Waals surface area contributed by atoms with Crippen molar-refractivity contribution in [3.8, 4) is 0 Å². The quantitative estimate of drug-likeness (QED) is 0.862. The van der Waals surface area contributed by atoms with Gasteiger partial charge in [0.15, 0.2) is 0 Å². The van der Waals surface area contributed by atoms with Crippen LogP contribution < -0.4 is 5.73 Å². The van der Waals surface area contributed by atoms with E-state index in [9.17, 15) is 8.42 Å². The molecule has 0 aliphatic rings. The Morgan fingerprint density at radius 3 is 2.59 bits per heavy atom. The minimum Gasteiger partial charge on any atom is -0.326 e. The second-order valence-corrected chi connectivity index (χ2v) is 7.67. The molecule has 2 N–H and O–H groups in total. The molecule has 0 bridgehead atoms. The van der Waals surface area contributed by atoms with Crippen LogP contribution in [0.4, 0.5) is 0 Å². The van der Waals surface area contributed by atoms with E-state index in [4.69, 9.17) is 5.73 Å². The van der Waals surface area contributed by atoms with E-state index in [1.165, 1.54) is 15.6 Å². The second-order valence-electron chi connectivity index (χ2n) is 4.49. The summed E-state index contributed by atoms with van der Waals surface area (Å²) in [5, 5.41) is 1.79. The Morgan fingerprint density at radius 2 is 2.12 bits per heavy atom. The fraction of sp³-hybridized carbons (Fsp3) is 0.636. The third-order valence-corrected chi connectivity index (χ3v) is 5.87. The van der Waals surface area contributed by atoms with Gasteiger partial charge in [0.2, 0.25) is 0 Å². The first-order valence-corrected chi connectivity index (χ1v) is 7.93. The molecule has 1 rings (SSSR count). The maximum absolute atomic E-state index is 12.2. The highest BCUT2D eigenvalue weighted by Crippen LogP contribution is 2.23. The Morgan fingerprint density at radius 1 is 1.47 bits per heavy atom. The van der Waals surface area contributed by atoms with Gasteiger partial charge in [0, 0.05) is 20.1 Å². The molecule has 0 saturated heterocycles. The van der Waals surface area contributed by atoms with Crippen molar-refractivity contribution >= 4 is 21.4 Å². The number of nitrogens with zero attached hydrogens (tertiary/aromatic N) is 1. The van der Waals surface area contributed by atoms with Gasteiger partial charge in [-0.15, -0.1) is 11.3 Å². The highest BCUT2D eigenvalue weighted by molar-refractivity contribution is 7.91. The SMILES string of the molecule is CC(C)CCN(C)S(=O)(=O)c1cc(CN)cs1. The molecule has 1 aromatic heterocycles. The van der Waals surface area contributed by atoms with Gasteiger partial charge in [-0.3, -0.25) is 0 Å². The molecule has 98 valence electrons. The van der Waals surface area contributed by atoms with E-state index in [1.807, 2.05) is 0 Å². The van der Waals surface area contributed by atoms with Gasteiger partial charge in [-0.1, -0.05) is 13.8 Å². The lowest BCUT2D eigenvalue weighted by atomic mass is 10.1. The zero-order chi connectivity index (χ0) is 13.1. The van der Waals surface area contributed by atoms with Crippen LogP contribution in [0.2, 0.25) is 0 Å². The summed E-state index contributed by atoms with van der Waals surface area (Å²) in [6, 6.07) is 1.66. The van der Waals surface area contributed by atoms with Crippen LogP contribution in [0.5, 0.6) is 0 Å². The van der Waals surface area contributed by atoms with Crippen LogP contribution in [0.3, 0.4) is 0 Å². The molecule has 0 unspecified atom stereocenters. The number of sulfonamides is 1. The summed E-state index contributed by atoms with van der Waals surface area (Å²) in [6.07, 6.45) is 0.866. The molecule has 0 spiro atoms. The third kappa shape index (κ3) is 3.77. The fourth-order valence-electron chi connectivity index (χ4n) is 1.31. The Balaban J connectivity index is 2.79. The van der Waals surface area contributed by atoms with E-state index in [-0.39, 0.29) is 0 Å². The molecule has 0 amide bonds. The van der Waals surface area contributed by atoms with Crippen molar-refractivity contribution in [3.05, 3.63) is 17.0 Å². The Hall–Kier alpha value is -0.430. The summed E-state index contributed by atoms with van der Waals surface area (Å²) < 4.78 is 26.1. The molecule has 0 fully saturated rings. The predicted molar refractivity (Wildman–Crippen MR) is 71.5 cm³/mol. The maximum Gasteiger partial charge on any atom is 0.252 e. The number of rotatable bonds is 6. The molecule has 0 aliphatic heterocycles. The van der Waals surface area contributed by atoms with Gasteiger partial charge in [0.05, 0.1) is 0 Å². The van der Waals surface area contributed by atoms with Gasteiger partial charge in [-0.2, -0.15) is 0 Å². The van der Waals surface area contributed by atoms with Gasteiger partial charge in [0.25, 0.3) is 10.0 Å². The summed E-state index contributed by atoms with van der Waals surface area (Å²) in [7, 11) is -1.70. The fourth-order valence-corrected chi connectivity index (χ4v) is 3.93. The van der Waals surface area contributed by atoms with E-state index in [1.54, 1.807) is 18.5 Å². The van der Waals surface area contributed by atoms with Crippen molar-refractivity contribution in [3.63, 3.8) is 0 Å². The largest absolute Gasteiger partial charge is 0.326 e. The maximum atomic E-state index is 12.2. The summed E-state index contributed by atoms with van der Waals surface area (Å²) >= 11 is 1.23. The monoisotopic (exact) mass is 276 g/mol. The first-order chi connectivity index (χ1) is 7.87. The molecule has 0 aromatic carbocycles. The number of thiophene rings is 1. The zero-order valence-electron chi connectivity index (χ0n) is 10.5. The van der Waals surface area contributed by atoms with Crippen LogP contribution in [-0.2, 0) is 16.6 Å². The minimum absolute atomic E-state index is 0.377. The van der Waals surface area contributed by atoms with E-state index < -0.39 is 10.0 Å². The van der Waals surface area contributed by atoms with Crippen molar-refractivity contribution in [2.24, 2.45) is 11.7 Å². The van der Waals surface area contributed by atoms with Crippen molar-refractivity contribution < 1.29 is 8.42 Å². The highest BCUT2D eigenvalue weighted by atomic mass is 32.2. The average molecular weight is 276 g/mol. The molecule has 1 aromatic rings. The highest BCUT2D eigenvalue weighted by Gasteiger charge is 2.22. The van der Waals surface area contributed by atoms with E-state index >= 15 is 0 Å². The summed E-state index contributed by atoms with van der Waals surface area (Å²) in [5.74, 6) is 0.496. The minimum atomic E-state index is -3.33. The molecular formula is C11H20N2O2S2. The van der Waals surface area contributed by atoms with Crippen molar-refractivity contribution in [2.45, 2.75) is 31.0 Å². The van der Waals surface area contributed by atoms with Crippen LogP contribution in [0.25, 0.3) is 0 Å². The van der Waals surface area contributed by atoms with Gasteiger partial charge >= 0.3 is 0 Å². The summed E-state index contributed by atoms with van der Waals surface area (Å²) in [5.41, 5.74) is 6.35. The van der Waals surface area contributed by atoms with Crippen LogP contribution in [0.15, 0.2) is 15.7 Å². The van der Waals surface area contributed by atoms with Gasteiger partial charge in [-0.25, -0.2) is 12.7 Å².